The zero-order chi connectivity index (χ0) is 17.1. The first-order valence-electron chi connectivity index (χ1n) is 9.79. The molecule has 0 unspecified atom stereocenters. The van der Waals surface area contributed by atoms with E-state index in [9.17, 15) is 4.39 Å². The van der Waals surface area contributed by atoms with Crippen molar-refractivity contribution in [1.29, 1.82) is 0 Å². The first kappa shape index (κ1) is 17.7. The summed E-state index contributed by atoms with van der Waals surface area (Å²) >= 11 is 0. The van der Waals surface area contributed by atoms with E-state index in [1.807, 2.05) is 13.0 Å². The standard InChI is InChI=1S/C21H33FN2/c1-15(2)17-4-7-20(8-5-17)24-12-10-19(11-13-24)23-21-9-6-18(22)14-16(21)3/h6,9,14-15,17,19-20,23H,4-5,7-8,10-13H2,1-3H3. The van der Waals surface area contributed by atoms with E-state index in [2.05, 4.69) is 24.1 Å². The molecule has 1 saturated heterocycles. The number of rotatable bonds is 4. The SMILES string of the molecule is Cc1cc(F)ccc1NC1CCN(C2CCC(C(C)C)CC2)CC1. The van der Waals surface area contributed by atoms with Gasteiger partial charge in [0.15, 0.2) is 0 Å². The second-order valence-electron chi connectivity index (χ2n) is 8.23. The van der Waals surface area contributed by atoms with Gasteiger partial charge in [-0.15, -0.1) is 0 Å². The molecule has 24 heavy (non-hydrogen) atoms. The summed E-state index contributed by atoms with van der Waals surface area (Å²) in [5.74, 6) is 1.65. The predicted molar refractivity (Wildman–Crippen MR) is 99.9 cm³/mol. The van der Waals surface area contributed by atoms with Crippen LogP contribution in [0.1, 0.15) is 57.9 Å². The molecule has 2 fully saturated rings. The number of anilines is 1. The minimum atomic E-state index is -0.148. The number of benzene rings is 1. The van der Waals surface area contributed by atoms with Crippen LogP contribution in [0.25, 0.3) is 0 Å². The molecule has 1 saturated carbocycles. The summed E-state index contributed by atoms with van der Waals surface area (Å²) in [6.45, 7) is 9.14. The fourth-order valence-corrected chi connectivity index (χ4v) is 4.55. The van der Waals surface area contributed by atoms with E-state index in [0.717, 1.165) is 29.1 Å². The Kier molecular flexibility index (Phi) is 5.80. The highest BCUT2D eigenvalue weighted by Gasteiger charge is 2.29. The number of hydrogen-bond donors (Lipinski definition) is 1. The van der Waals surface area contributed by atoms with Gasteiger partial charge in [0.2, 0.25) is 0 Å². The Bertz CT molecular complexity index is 527. The van der Waals surface area contributed by atoms with Crippen LogP contribution in [0.4, 0.5) is 10.1 Å². The van der Waals surface area contributed by atoms with Crippen molar-refractivity contribution in [3.63, 3.8) is 0 Å². The topological polar surface area (TPSA) is 15.3 Å². The summed E-state index contributed by atoms with van der Waals surface area (Å²) in [6.07, 6.45) is 7.99. The highest BCUT2D eigenvalue weighted by molar-refractivity contribution is 5.51. The molecule has 0 atom stereocenters. The van der Waals surface area contributed by atoms with Gasteiger partial charge in [0.25, 0.3) is 0 Å². The molecule has 134 valence electrons. The number of halogens is 1. The van der Waals surface area contributed by atoms with Gasteiger partial charge in [-0.1, -0.05) is 13.8 Å². The van der Waals surface area contributed by atoms with Gasteiger partial charge < -0.3 is 10.2 Å². The van der Waals surface area contributed by atoms with Crippen LogP contribution in [0, 0.1) is 24.6 Å². The molecule has 2 aliphatic rings. The number of hydrogen-bond acceptors (Lipinski definition) is 2. The van der Waals surface area contributed by atoms with Crippen molar-refractivity contribution in [2.75, 3.05) is 18.4 Å². The molecule has 3 heteroatoms. The highest BCUT2D eigenvalue weighted by Crippen LogP contribution is 2.33. The first-order chi connectivity index (χ1) is 11.5. The number of piperidine rings is 1. The number of nitrogens with one attached hydrogen (secondary N) is 1. The summed E-state index contributed by atoms with van der Waals surface area (Å²) in [6, 6.07) is 6.39. The van der Waals surface area contributed by atoms with Crippen molar-refractivity contribution in [2.45, 2.75) is 71.4 Å². The Balaban J connectivity index is 1.46. The summed E-state index contributed by atoms with van der Waals surface area (Å²) in [5, 5.41) is 3.63. The van der Waals surface area contributed by atoms with Crippen LogP contribution in [-0.2, 0) is 0 Å². The van der Waals surface area contributed by atoms with E-state index in [-0.39, 0.29) is 5.82 Å². The van der Waals surface area contributed by atoms with E-state index in [1.165, 1.54) is 51.6 Å². The maximum atomic E-state index is 13.2. The van der Waals surface area contributed by atoms with E-state index in [0.29, 0.717) is 6.04 Å². The van der Waals surface area contributed by atoms with Crippen LogP contribution in [0.15, 0.2) is 18.2 Å². The summed E-state index contributed by atoms with van der Waals surface area (Å²) < 4.78 is 13.2. The zero-order valence-electron chi connectivity index (χ0n) is 15.5. The fourth-order valence-electron chi connectivity index (χ4n) is 4.55. The summed E-state index contributed by atoms with van der Waals surface area (Å²) in [7, 11) is 0. The Hall–Kier alpha value is -1.09. The van der Waals surface area contributed by atoms with Gasteiger partial charge in [-0.25, -0.2) is 4.39 Å². The van der Waals surface area contributed by atoms with E-state index < -0.39 is 0 Å². The Morgan fingerprint density at radius 2 is 1.71 bits per heavy atom. The molecular weight excluding hydrogens is 299 g/mol. The Labute approximate surface area is 146 Å². The molecule has 1 aromatic carbocycles. The monoisotopic (exact) mass is 332 g/mol. The minimum absolute atomic E-state index is 0.148. The highest BCUT2D eigenvalue weighted by atomic mass is 19.1. The maximum Gasteiger partial charge on any atom is 0.123 e. The van der Waals surface area contributed by atoms with Crippen LogP contribution >= 0.6 is 0 Å². The molecular formula is C21H33FN2. The van der Waals surface area contributed by atoms with E-state index >= 15 is 0 Å². The first-order valence-corrected chi connectivity index (χ1v) is 9.79. The number of likely N-dealkylation sites (tertiary alicyclic amines) is 1. The molecule has 1 aliphatic carbocycles. The predicted octanol–water partition coefficient (Wildman–Crippen LogP) is 5.23. The molecule has 0 amide bonds. The molecule has 1 N–H and O–H groups in total. The van der Waals surface area contributed by atoms with Gasteiger partial charge >= 0.3 is 0 Å². The molecule has 1 aromatic rings. The maximum absolute atomic E-state index is 13.2. The number of aryl methyl sites for hydroxylation is 1. The van der Waals surface area contributed by atoms with Gasteiger partial charge in [-0.2, -0.15) is 0 Å². The summed E-state index contributed by atoms with van der Waals surface area (Å²) in [5.41, 5.74) is 2.09. The average Bonchev–Trinajstić information content (AvgIpc) is 2.58. The third-order valence-corrected chi connectivity index (χ3v) is 6.28. The molecule has 0 aromatic heterocycles. The normalized spacial score (nSPS) is 26.7. The van der Waals surface area contributed by atoms with E-state index in [4.69, 9.17) is 0 Å². The van der Waals surface area contributed by atoms with Crippen LogP contribution in [0.2, 0.25) is 0 Å². The molecule has 2 nitrogen and oxygen atoms in total. The largest absolute Gasteiger partial charge is 0.382 e. The molecule has 0 bridgehead atoms. The molecule has 1 aliphatic heterocycles. The third-order valence-electron chi connectivity index (χ3n) is 6.28. The van der Waals surface area contributed by atoms with Crippen molar-refractivity contribution >= 4 is 5.69 Å². The van der Waals surface area contributed by atoms with E-state index in [1.54, 1.807) is 12.1 Å². The second-order valence-corrected chi connectivity index (χ2v) is 8.23. The quantitative estimate of drug-likeness (QED) is 0.812. The van der Waals surface area contributed by atoms with Gasteiger partial charge in [0.05, 0.1) is 0 Å². The van der Waals surface area contributed by atoms with Crippen LogP contribution in [-0.4, -0.2) is 30.1 Å². The molecule has 0 radical (unpaired) electrons. The molecule has 1 heterocycles. The lowest BCUT2D eigenvalue weighted by atomic mass is 9.79. The van der Waals surface area contributed by atoms with Crippen LogP contribution < -0.4 is 5.32 Å². The summed E-state index contributed by atoms with van der Waals surface area (Å²) in [4.78, 5) is 2.73. The third kappa shape index (κ3) is 4.30. The van der Waals surface area contributed by atoms with Crippen molar-refractivity contribution < 1.29 is 4.39 Å². The lowest BCUT2D eigenvalue weighted by Crippen LogP contribution is -2.46. The second kappa shape index (κ2) is 7.86. The van der Waals surface area contributed by atoms with Gasteiger partial charge in [-0.3, -0.25) is 0 Å². The zero-order valence-corrected chi connectivity index (χ0v) is 15.5. The van der Waals surface area contributed by atoms with Crippen molar-refractivity contribution in [3.8, 4) is 0 Å². The lowest BCUT2D eigenvalue weighted by Gasteiger charge is -2.41. The van der Waals surface area contributed by atoms with Crippen LogP contribution in [0.3, 0.4) is 0 Å². The smallest absolute Gasteiger partial charge is 0.123 e. The minimum Gasteiger partial charge on any atom is -0.382 e. The fraction of sp³-hybridized carbons (Fsp3) is 0.714. The molecule has 0 spiro atoms. The number of nitrogens with zero attached hydrogens (tertiary/aromatic N) is 1. The molecule has 3 rings (SSSR count). The van der Waals surface area contributed by atoms with Crippen molar-refractivity contribution in [1.82, 2.24) is 4.90 Å². The van der Waals surface area contributed by atoms with Crippen molar-refractivity contribution in [3.05, 3.63) is 29.6 Å². The van der Waals surface area contributed by atoms with Gasteiger partial charge in [0.1, 0.15) is 5.82 Å². The van der Waals surface area contributed by atoms with Crippen molar-refractivity contribution in [2.24, 2.45) is 11.8 Å². The van der Waals surface area contributed by atoms with Crippen LogP contribution in [0.5, 0.6) is 0 Å². The van der Waals surface area contributed by atoms with Gasteiger partial charge in [-0.05, 0) is 81.0 Å². The average molecular weight is 333 g/mol. The lowest BCUT2D eigenvalue weighted by molar-refractivity contribution is 0.101. The van der Waals surface area contributed by atoms with Gasteiger partial charge in [0, 0.05) is 30.9 Å². The Morgan fingerprint density at radius 1 is 1.04 bits per heavy atom. The Morgan fingerprint density at radius 3 is 2.29 bits per heavy atom.